The average Bonchev–Trinajstić information content (AvgIpc) is 3.31. The van der Waals surface area contributed by atoms with Gasteiger partial charge < -0.3 is 9.73 Å². The Morgan fingerprint density at radius 3 is 2.48 bits per heavy atom. The number of hydrogen-bond donors (Lipinski definition) is 1. The molecule has 0 saturated carbocycles. The minimum atomic E-state index is 0.379. The highest BCUT2D eigenvalue weighted by atomic mass is 35.5. The van der Waals surface area contributed by atoms with E-state index in [1.54, 1.807) is 12.1 Å². The molecule has 0 spiro atoms. The van der Waals surface area contributed by atoms with Crippen LogP contribution in [0.3, 0.4) is 0 Å². The van der Waals surface area contributed by atoms with E-state index in [9.17, 15) is 0 Å². The fourth-order valence-corrected chi connectivity index (χ4v) is 3.05. The van der Waals surface area contributed by atoms with Crippen molar-refractivity contribution in [2.75, 3.05) is 5.32 Å². The predicted octanol–water partition coefficient (Wildman–Crippen LogP) is 4.52. The number of hydrogen-bond acceptors (Lipinski definition) is 7. The van der Waals surface area contributed by atoms with Gasteiger partial charge in [0.1, 0.15) is 5.01 Å². The zero-order valence-corrected chi connectivity index (χ0v) is 14.5. The van der Waals surface area contributed by atoms with E-state index in [0.717, 1.165) is 16.1 Å². The van der Waals surface area contributed by atoms with Crippen LogP contribution in [0.5, 0.6) is 0 Å². The number of halogens is 1. The Bertz CT molecular complexity index is 968. The molecular formula is C17H12ClN5OS. The molecular weight excluding hydrogens is 358 g/mol. The van der Waals surface area contributed by atoms with Gasteiger partial charge in [-0.1, -0.05) is 53.3 Å². The van der Waals surface area contributed by atoms with Gasteiger partial charge in [0.05, 0.1) is 6.54 Å². The fraction of sp³-hybridized carbons (Fsp3) is 0.0588. The van der Waals surface area contributed by atoms with Gasteiger partial charge in [0, 0.05) is 16.1 Å². The van der Waals surface area contributed by atoms with Crippen LogP contribution in [0.25, 0.3) is 22.0 Å². The highest BCUT2D eigenvalue weighted by molar-refractivity contribution is 7.18. The lowest BCUT2D eigenvalue weighted by Gasteiger charge is -1.97. The van der Waals surface area contributed by atoms with Crippen molar-refractivity contribution in [3.63, 3.8) is 0 Å². The van der Waals surface area contributed by atoms with Gasteiger partial charge in [-0.3, -0.25) is 0 Å². The van der Waals surface area contributed by atoms with Crippen LogP contribution < -0.4 is 5.32 Å². The van der Waals surface area contributed by atoms with Crippen molar-refractivity contribution in [3.8, 4) is 22.0 Å². The largest absolute Gasteiger partial charge is 0.419 e. The molecule has 2 aromatic carbocycles. The predicted molar refractivity (Wildman–Crippen MR) is 97.4 cm³/mol. The standard InChI is InChI=1S/C17H12ClN5OS/c18-13-8-6-11(7-9-13)15-21-20-14(24-15)10-19-17-23-22-16(25-17)12-4-2-1-3-5-12/h1-9H,10H2,(H,19,23). The Hall–Kier alpha value is -2.77. The first-order valence-electron chi connectivity index (χ1n) is 7.49. The summed E-state index contributed by atoms with van der Waals surface area (Å²) < 4.78 is 5.65. The van der Waals surface area contributed by atoms with Crippen molar-refractivity contribution in [1.82, 2.24) is 20.4 Å². The summed E-state index contributed by atoms with van der Waals surface area (Å²) in [5, 5.41) is 21.8. The Kier molecular flexibility index (Phi) is 4.41. The molecule has 8 heteroatoms. The number of rotatable bonds is 5. The molecule has 0 atom stereocenters. The van der Waals surface area contributed by atoms with Crippen LogP contribution in [0.1, 0.15) is 5.89 Å². The van der Waals surface area contributed by atoms with Crippen molar-refractivity contribution in [3.05, 3.63) is 65.5 Å². The van der Waals surface area contributed by atoms with Crippen LogP contribution in [0, 0.1) is 0 Å². The van der Waals surface area contributed by atoms with Gasteiger partial charge in [-0.15, -0.1) is 20.4 Å². The fourth-order valence-electron chi connectivity index (χ4n) is 2.18. The molecule has 0 aliphatic heterocycles. The summed E-state index contributed by atoms with van der Waals surface area (Å²) in [4.78, 5) is 0. The zero-order chi connectivity index (χ0) is 17.1. The second-order valence-electron chi connectivity index (χ2n) is 5.14. The summed E-state index contributed by atoms with van der Waals surface area (Å²) in [6.07, 6.45) is 0. The highest BCUT2D eigenvalue weighted by Gasteiger charge is 2.10. The molecule has 4 aromatic rings. The molecule has 0 saturated heterocycles. The number of aromatic nitrogens is 4. The number of nitrogens with zero attached hydrogens (tertiary/aromatic N) is 4. The first-order valence-corrected chi connectivity index (χ1v) is 8.68. The van der Waals surface area contributed by atoms with Gasteiger partial charge in [-0.05, 0) is 24.3 Å². The SMILES string of the molecule is Clc1ccc(-c2nnc(CNc3nnc(-c4ccccc4)s3)o2)cc1. The zero-order valence-electron chi connectivity index (χ0n) is 12.9. The maximum atomic E-state index is 5.88. The quantitative estimate of drug-likeness (QED) is 0.557. The first-order chi connectivity index (χ1) is 12.3. The second kappa shape index (κ2) is 7.00. The van der Waals surface area contributed by atoms with Gasteiger partial charge in [-0.2, -0.15) is 0 Å². The van der Waals surface area contributed by atoms with Crippen LogP contribution in [-0.4, -0.2) is 20.4 Å². The molecule has 0 bridgehead atoms. The summed E-state index contributed by atoms with van der Waals surface area (Å²) in [7, 11) is 0. The lowest BCUT2D eigenvalue weighted by Crippen LogP contribution is -1.99. The lowest BCUT2D eigenvalue weighted by atomic mass is 10.2. The van der Waals surface area contributed by atoms with E-state index in [1.807, 2.05) is 42.5 Å². The Morgan fingerprint density at radius 1 is 0.880 bits per heavy atom. The van der Waals surface area contributed by atoms with E-state index >= 15 is 0 Å². The third-order valence-electron chi connectivity index (χ3n) is 3.39. The van der Waals surface area contributed by atoms with Crippen LogP contribution in [0.15, 0.2) is 59.0 Å². The smallest absolute Gasteiger partial charge is 0.247 e. The van der Waals surface area contributed by atoms with Gasteiger partial charge in [-0.25, -0.2) is 0 Å². The second-order valence-corrected chi connectivity index (χ2v) is 6.55. The maximum Gasteiger partial charge on any atom is 0.247 e. The molecule has 2 aromatic heterocycles. The third-order valence-corrected chi connectivity index (χ3v) is 4.58. The lowest BCUT2D eigenvalue weighted by molar-refractivity contribution is 0.515. The van der Waals surface area contributed by atoms with E-state index in [-0.39, 0.29) is 0 Å². The van der Waals surface area contributed by atoms with Gasteiger partial charge in [0.2, 0.25) is 16.9 Å². The van der Waals surface area contributed by atoms with Gasteiger partial charge in [0.25, 0.3) is 0 Å². The Labute approximate surface area is 152 Å². The van der Waals surface area contributed by atoms with Crippen LogP contribution in [0.4, 0.5) is 5.13 Å². The molecule has 0 amide bonds. The molecule has 4 rings (SSSR count). The van der Waals surface area contributed by atoms with Gasteiger partial charge >= 0.3 is 0 Å². The number of nitrogens with one attached hydrogen (secondary N) is 1. The summed E-state index contributed by atoms with van der Waals surface area (Å²) in [5.74, 6) is 0.928. The molecule has 0 unspecified atom stereocenters. The molecule has 25 heavy (non-hydrogen) atoms. The molecule has 6 nitrogen and oxygen atoms in total. The molecule has 0 aliphatic carbocycles. The monoisotopic (exact) mass is 369 g/mol. The van der Waals surface area contributed by atoms with E-state index in [2.05, 4.69) is 25.7 Å². The van der Waals surface area contributed by atoms with E-state index < -0.39 is 0 Å². The summed E-state index contributed by atoms with van der Waals surface area (Å²) in [6, 6.07) is 17.2. The Balaban J connectivity index is 1.42. The van der Waals surface area contributed by atoms with Crippen molar-refractivity contribution in [2.45, 2.75) is 6.54 Å². The van der Waals surface area contributed by atoms with Gasteiger partial charge in [0.15, 0.2) is 0 Å². The van der Waals surface area contributed by atoms with Crippen molar-refractivity contribution >= 4 is 28.1 Å². The highest BCUT2D eigenvalue weighted by Crippen LogP contribution is 2.26. The molecule has 0 aliphatic rings. The molecule has 0 fully saturated rings. The van der Waals surface area contributed by atoms with E-state index in [0.29, 0.717) is 28.5 Å². The summed E-state index contributed by atoms with van der Waals surface area (Å²) in [6.45, 7) is 0.379. The molecule has 2 heterocycles. The normalized spacial score (nSPS) is 10.8. The van der Waals surface area contributed by atoms with Crippen molar-refractivity contribution in [2.24, 2.45) is 0 Å². The minimum absolute atomic E-state index is 0.379. The average molecular weight is 370 g/mol. The van der Waals surface area contributed by atoms with Crippen LogP contribution >= 0.6 is 22.9 Å². The summed E-state index contributed by atoms with van der Waals surface area (Å²) >= 11 is 7.35. The van der Waals surface area contributed by atoms with Crippen LogP contribution in [0.2, 0.25) is 5.02 Å². The summed E-state index contributed by atoms with van der Waals surface area (Å²) in [5.41, 5.74) is 1.86. The molecule has 1 N–H and O–H groups in total. The number of benzene rings is 2. The van der Waals surface area contributed by atoms with E-state index in [1.165, 1.54) is 11.3 Å². The van der Waals surface area contributed by atoms with Crippen molar-refractivity contribution in [1.29, 1.82) is 0 Å². The van der Waals surface area contributed by atoms with Crippen molar-refractivity contribution < 1.29 is 4.42 Å². The van der Waals surface area contributed by atoms with E-state index in [4.69, 9.17) is 16.0 Å². The number of anilines is 1. The van der Waals surface area contributed by atoms with Crippen LogP contribution in [-0.2, 0) is 6.54 Å². The first kappa shape index (κ1) is 15.7. The Morgan fingerprint density at radius 2 is 1.68 bits per heavy atom. The maximum absolute atomic E-state index is 5.88. The molecule has 0 radical (unpaired) electrons. The minimum Gasteiger partial charge on any atom is -0.419 e. The molecule has 124 valence electrons. The topological polar surface area (TPSA) is 76.7 Å². The third kappa shape index (κ3) is 3.67.